The fraction of sp³-hybridized carbons (Fsp3) is 0.565. The monoisotopic (exact) mass is 492 g/mol. The van der Waals surface area contributed by atoms with Gasteiger partial charge in [0.05, 0.1) is 0 Å². The number of sulfonamides is 1. The Bertz CT molecular complexity index is 1090. The average Bonchev–Trinajstić information content (AvgIpc) is 3.46. The van der Waals surface area contributed by atoms with Gasteiger partial charge in [0.2, 0.25) is 5.91 Å². The van der Waals surface area contributed by atoms with E-state index in [0.29, 0.717) is 46.9 Å². The lowest BCUT2D eigenvalue weighted by Gasteiger charge is -2.40. The Morgan fingerprint density at radius 1 is 1.18 bits per heavy atom. The lowest BCUT2D eigenvalue weighted by Crippen LogP contribution is -2.52. The number of anilines is 1. The molecule has 2 fully saturated rings. The Kier molecular flexibility index (Phi) is 7.68. The molecule has 0 aromatic carbocycles. The number of nitrogens with one attached hydrogen (secondary N) is 1. The highest BCUT2D eigenvalue weighted by atomic mass is 32.2. The zero-order chi connectivity index (χ0) is 23.4. The number of thiophene rings is 1. The minimum atomic E-state index is -3.50. The number of aryl methyl sites for hydroxylation is 1. The van der Waals surface area contributed by atoms with Gasteiger partial charge in [0.1, 0.15) is 15.6 Å². The highest BCUT2D eigenvalue weighted by Gasteiger charge is 2.32. The van der Waals surface area contributed by atoms with Gasteiger partial charge in [0.25, 0.3) is 10.0 Å². The Morgan fingerprint density at radius 3 is 2.61 bits per heavy atom. The summed E-state index contributed by atoms with van der Waals surface area (Å²) in [5.74, 6) is 0.315. The summed E-state index contributed by atoms with van der Waals surface area (Å²) in [4.78, 5) is 15.0. The van der Waals surface area contributed by atoms with Crippen molar-refractivity contribution in [3.63, 3.8) is 0 Å². The maximum absolute atomic E-state index is 13.2. The number of aromatic nitrogens is 1. The molecule has 1 aliphatic carbocycles. The molecule has 2 aromatic rings. The normalized spacial score (nSPS) is 19.3. The fourth-order valence-electron chi connectivity index (χ4n) is 4.48. The second kappa shape index (κ2) is 10.5. The molecule has 10 heteroatoms. The van der Waals surface area contributed by atoms with Crippen LogP contribution in [-0.4, -0.2) is 60.9 Å². The first-order valence-corrected chi connectivity index (χ1v) is 13.9. The van der Waals surface area contributed by atoms with E-state index in [1.807, 2.05) is 0 Å². The topological polar surface area (TPSA) is 95.8 Å². The fourth-order valence-corrected chi connectivity index (χ4v) is 7.29. The molecule has 0 unspecified atom stereocenters. The van der Waals surface area contributed by atoms with Crippen molar-refractivity contribution >= 4 is 45.1 Å². The number of piperazine rings is 1. The minimum absolute atomic E-state index is 0.121. The number of carbonyl (C=O) groups is 1. The van der Waals surface area contributed by atoms with E-state index in [-0.39, 0.29) is 5.91 Å². The van der Waals surface area contributed by atoms with Crippen molar-refractivity contribution in [2.45, 2.75) is 62.6 Å². The van der Waals surface area contributed by atoms with E-state index in [0.717, 1.165) is 18.0 Å². The van der Waals surface area contributed by atoms with E-state index >= 15 is 0 Å². The third kappa shape index (κ3) is 5.56. The molecule has 1 amide bonds. The van der Waals surface area contributed by atoms with Gasteiger partial charge in [-0.1, -0.05) is 31.3 Å². The third-order valence-corrected chi connectivity index (χ3v) is 9.85. The van der Waals surface area contributed by atoms with Crippen LogP contribution in [-0.2, 0) is 14.8 Å². The van der Waals surface area contributed by atoms with Crippen LogP contribution in [0.1, 0.15) is 61.8 Å². The third-order valence-electron chi connectivity index (χ3n) is 6.43. The van der Waals surface area contributed by atoms with E-state index in [9.17, 15) is 13.2 Å². The van der Waals surface area contributed by atoms with Gasteiger partial charge in [0.15, 0.2) is 5.76 Å². The second-order valence-corrected chi connectivity index (χ2v) is 11.9. The lowest BCUT2D eigenvalue weighted by molar-refractivity contribution is -0.115. The molecular weight excluding hydrogens is 460 g/mol. The van der Waals surface area contributed by atoms with Crippen molar-refractivity contribution in [1.29, 1.82) is 0 Å². The number of nitrogens with zero attached hydrogens (tertiary/aromatic N) is 3. The molecule has 0 atom stereocenters. The molecule has 0 spiro atoms. The zero-order valence-corrected chi connectivity index (χ0v) is 20.9. The number of carbonyl (C=O) groups excluding carboxylic acids is 1. The van der Waals surface area contributed by atoms with Gasteiger partial charge < -0.3 is 9.84 Å². The van der Waals surface area contributed by atoms with Gasteiger partial charge in [-0.15, -0.1) is 11.3 Å². The number of hydrogen-bond donors (Lipinski definition) is 1. The summed E-state index contributed by atoms with van der Waals surface area (Å²) in [6.07, 6.45) is 10.2. The molecule has 3 heterocycles. The van der Waals surface area contributed by atoms with Crippen molar-refractivity contribution in [3.8, 4) is 0 Å². The molecule has 180 valence electrons. The first-order valence-electron chi connectivity index (χ1n) is 11.7. The standard InChI is InChI=1S/C23H32N4O4S2/c1-3-21(28)24-23-17(2)25-31-20(23)11-9-19-10-12-22(32-19)33(29,30)27-15-13-26(14-16-27)18-7-5-4-6-8-18/h9-12,18H,3-8,13-16H2,1-2H3,(H,24,28). The number of amides is 1. The molecule has 1 aliphatic heterocycles. The molecule has 0 radical (unpaired) electrons. The van der Waals surface area contributed by atoms with Crippen molar-refractivity contribution in [2.75, 3.05) is 31.5 Å². The lowest BCUT2D eigenvalue weighted by atomic mass is 9.94. The molecule has 2 aliphatic rings. The average molecular weight is 493 g/mol. The van der Waals surface area contributed by atoms with Crippen molar-refractivity contribution in [1.82, 2.24) is 14.4 Å². The molecule has 0 bridgehead atoms. The van der Waals surface area contributed by atoms with Gasteiger partial charge in [-0.3, -0.25) is 9.69 Å². The maximum Gasteiger partial charge on any atom is 0.252 e. The Balaban J connectivity index is 1.40. The van der Waals surface area contributed by atoms with Gasteiger partial charge in [0, 0.05) is 43.5 Å². The van der Waals surface area contributed by atoms with Crippen LogP contribution < -0.4 is 5.32 Å². The van der Waals surface area contributed by atoms with Crippen LogP contribution in [0.3, 0.4) is 0 Å². The smallest absolute Gasteiger partial charge is 0.252 e. The summed E-state index contributed by atoms with van der Waals surface area (Å²) < 4.78 is 33.7. The van der Waals surface area contributed by atoms with E-state index < -0.39 is 10.0 Å². The van der Waals surface area contributed by atoms with Crippen LogP contribution >= 0.6 is 11.3 Å². The molecular formula is C23H32N4O4S2. The van der Waals surface area contributed by atoms with Crippen molar-refractivity contribution in [3.05, 3.63) is 28.5 Å². The van der Waals surface area contributed by atoms with Gasteiger partial charge in [-0.25, -0.2) is 8.42 Å². The van der Waals surface area contributed by atoms with E-state index in [2.05, 4.69) is 15.4 Å². The molecule has 4 rings (SSSR count). The van der Waals surface area contributed by atoms with Gasteiger partial charge in [-0.05, 0) is 44.1 Å². The van der Waals surface area contributed by atoms with Crippen LogP contribution in [0.25, 0.3) is 12.2 Å². The Hall–Kier alpha value is -2.01. The quantitative estimate of drug-likeness (QED) is 0.622. The first-order chi connectivity index (χ1) is 15.9. The predicted octanol–water partition coefficient (Wildman–Crippen LogP) is 4.20. The summed E-state index contributed by atoms with van der Waals surface area (Å²) in [6, 6.07) is 4.08. The molecule has 1 saturated carbocycles. The molecule has 2 aromatic heterocycles. The number of rotatable bonds is 7. The number of hydrogen-bond acceptors (Lipinski definition) is 7. The highest BCUT2D eigenvalue weighted by molar-refractivity contribution is 7.91. The summed E-state index contributed by atoms with van der Waals surface area (Å²) in [5, 5.41) is 6.71. The zero-order valence-electron chi connectivity index (χ0n) is 19.2. The molecule has 33 heavy (non-hydrogen) atoms. The van der Waals surface area contributed by atoms with Crippen LogP contribution in [0.2, 0.25) is 0 Å². The SMILES string of the molecule is CCC(=O)Nc1c(C)noc1C=Cc1ccc(S(=O)(=O)N2CCN(C3CCCCC3)CC2)s1. The molecule has 8 nitrogen and oxygen atoms in total. The van der Waals surface area contributed by atoms with Crippen molar-refractivity contribution < 1.29 is 17.7 Å². The first kappa shape index (κ1) is 24.1. The molecule has 1 saturated heterocycles. The van der Waals surface area contributed by atoms with Crippen LogP contribution in [0.5, 0.6) is 0 Å². The summed E-state index contributed by atoms with van der Waals surface area (Å²) in [7, 11) is -3.50. The molecule has 1 N–H and O–H groups in total. The van der Waals surface area contributed by atoms with Gasteiger partial charge in [-0.2, -0.15) is 4.31 Å². The Morgan fingerprint density at radius 2 is 1.91 bits per heavy atom. The van der Waals surface area contributed by atoms with Gasteiger partial charge >= 0.3 is 0 Å². The predicted molar refractivity (Wildman–Crippen MR) is 131 cm³/mol. The van der Waals surface area contributed by atoms with Crippen LogP contribution in [0.15, 0.2) is 20.9 Å². The highest BCUT2D eigenvalue weighted by Crippen LogP contribution is 2.30. The van der Waals surface area contributed by atoms with Crippen LogP contribution in [0, 0.1) is 6.92 Å². The van der Waals surface area contributed by atoms with Crippen LogP contribution in [0.4, 0.5) is 5.69 Å². The minimum Gasteiger partial charge on any atom is -0.354 e. The Labute approximate surface area is 199 Å². The summed E-state index contributed by atoms with van der Waals surface area (Å²) >= 11 is 1.23. The summed E-state index contributed by atoms with van der Waals surface area (Å²) in [5.41, 5.74) is 1.14. The maximum atomic E-state index is 13.2. The van der Waals surface area contributed by atoms with E-state index in [4.69, 9.17) is 4.52 Å². The second-order valence-electron chi connectivity index (χ2n) is 8.63. The largest absolute Gasteiger partial charge is 0.354 e. The summed E-state index contributed by atoms with van der Waals surface area (Å²) in [6.45, 7) is 6.23. The van der Waals surface area contributed by atoms with E-state index in [1.165, 1.54) is 43.4 Å². The van der Waals surface area contributed by atoms with E-state index in [1.54, 1.807) is 42.4 Å². The van der Waals surface area contributed by atoms with Crippen molar-refractivity contribution in [2.24, 2.45) is 0 Å².